The van der Waals surface area contributed by atoms with E-state index in [1.54, 1.807) is 18.2 Å². The van der Waals surface area contributed by atoms with Gasteiger partial charge in [-0.05, 0) is 17.7 Å². The van der Waals surface area contributed by atoms with Crippen LogP contribution in [0.2, 0.25) is 0 Å². The number of alkyl halides is 1. The van der Waals surface area contributed by atoms with Crippen LogP contribution >= 0.6 is 11.6 Å². The molecule has 0 saturated carbocycles. The Bertz CT molecular complexity index is 555. The van der Waals surface area contributed by atoms with E-state index in [4.69, 9.17) is 16.0 Å². The minimum atomic E-state index is -0.495. The molecule has 0 amide bonds. The van der Waals surface area contributed by atoms with Gasteiger partial charge in [-0.1, -0.05) is 6.07 Å². The molecule has 0 bridgehead atoms. The van der Waals surface area contributed by atoms with Crippen molar-refractivity contribution in [2.45, 2.75) is 6.42 Å². The second-order valence-corrected chi connectivity index (χ2v) is 3.46. The number of oxazole rings is 1. The van der Waals surface area contributed by atoms with Crippen LogP contribution in [0.5, 0.6) is 0 Å². The standard InChI is InChI=1S/C10H8ClNO3/c11-5-7(13)3-6-1-2-8-9(4-6)15-10(14)12-8/h1-2,4H,3,5H2,(H,12,14). The molecule has 0 fully saturated rings. The molecule has 0 aliphatic rings. The van der Waals surface area contributed by atoms with Gasteiger partial charge in [-0.2, -0.15) is 0 Å². The van der Waals surface area contributed by atoms with Gasteiger partial charge in [0, 0.05) is 6.42 Å². The first kappa shape index (κ1) is 9.98. The van der Waals surface area contributed by atoms with Crippen molar-refractivity contribution in [3.05, 3.63) is 34.3 Å². The molecule has 1 aromatic carbocycles. The molecule has 0 aliphatic heterocycles. The van der Waals surface area contributed by atoms with Gasteiger partial charge in [-0.3, -0.25) is 9.78 Å². The second-order valence-electron chi connectivity index (χ2n) is 3.19. The lowest BCUT2D eigenvalue weighted by Gasteiger charge is -1.97. The highest BCUT2D eigenvalue weighted by Gasteiger charge is 2.05. The Labute approximate surface area is 89.8 Å². The molecule has 1 N–H and O–H groups in total. The largest absolute Gasteiger partial charge is 0.417 e. The average Bonchev–Trinajstić information content (AvgIpc) is 2.57. The van der Waals surface area contributed by atoms with E-state index in [-0.39, 0.29) is 18.1 Å². The van der Waals surface area contributed by atoms with Crippen LogP contribution in [-0.2, 0) is 11.2 Å². The number of benzene rings is 1. The van der Waals surface area contributed by atoms with Crippen molar-refractivity contribution in [1.82, 2.24) is 4.98 Å². The monoisotopic (exact) mass is 225 g/mol. The topological polar surface area (TPSA) is 63.1 Å². The number of aromatic amines is 1. The molecule has 2 aromatic rings. The Kier molecular flexibility index (Phi) is 2.60. The van der Waals surface area contributed by atoms with E-state index in [0.29, 0.717) is 11.1 Å². The fourth-order valence-corrected chi connectivity index (χ4v) is 1.47. The maximum Gasteiger partial charge on any atom is 0.417 e. The highest BCUT2D eigenvalue weighted by atomic mass is 35.5. The lowest BCUT2D eigenvalue weighted by atomic mass is 10.1. The van der Waals surface area contributed by atoms with Crippen molar-refractivity contribution in [2.24, 2.45) is 0 Å². The smallest absolute Gasteiger partial charge is 0.408 e. The predicted octanol–water partition coefficient (Wildman–Crippen LogP) is 1.47. The van der Waals surface area contributed by atoms with Crippen molar-refractivity contribution in [3.8, 4) is 0 Å². The van der Waals surface area contributed by atoms with Crippen LogP contribution < -0.4 is 5.76 Å². The Morgan fingerprint density at radius 2 is 2.27 bits per heavy atom. The number of hydrogen-bond donors (Lipinski definition) is 1. The molecule has 0 radical (unpaired) electrons. The van der Waals surface area contributed by atoms with E-state index >= 15 is 0 Å². The summed E-state index contributed by atoms with van der Waals surface area (Å²) in [4.78, 5) is 24.5. The van der Waals surface area contributed by atoms with Gasteiger partial charge in [0.05, 0.1) is 11.4 Å². The minimum absolute atomic E-state index is 0.00484. The second kappa shape index (κ2) is 3.90. The van der Waals surface area contributed by atoms with Crippen molar-refractivity contribution in [2.75, 3.05) is 5.88 Å². The fourth-order valence-electron chi connectivity index (χ4n) is 1.37. The van der Waals surface area contributed by atoms with Crippen LogP contribution in [0.15, 0.2) is 27.4 Å². The quantitative estimate of drug-likeness (QED) is 0.805. The summed E-state index contributed by atoms with van der Waals surface area (Å²) < 4.78 is 4.87. The number of rotatable bonds is 3. The maximum atomic E-state index is 11.1. The molecule has 78 valence electrons. The summed E-state index contributed by atoms with van der Waals surface area (Å²) in [6, 6.07) is 5.13. The minimum Gasteiger partial charge on any atom is -0.408 e. The van der Waals surface area contributed by atoms with E-state index in [0.717, 1.165) is 5.56 Å². The Morgan fingerprint density at radius 3 is 3.00 bits per heavy atom. The lowest BCUT2D eigenvalue weighted by Crippen LogP contribution is -2.03. The fraction of sp³-hybridized carbons (Fsp3) is 0.200. The first-order valence-electron chi connectivity index (χ1n) is 4.38. The summed E-state index contributed by atoms with van der Waals surface area (Å²) in [5, 5.41) is 0. The van der Waals surface area contributed by atoms with Gasteiger partial charge in [-0.25, -0.2) is 4.79 Å². The number of carbonyl (C=O) groups is 1. The zero-order valence-electron chi connectivity index (χ0n) is 7.75. The molecule has 0 saturated heterocycles. The summed E-state index contributed by atoms with van der Waals surface area (Å²) in [5.74, 6) is -0.561. The van der Waals surface area contributed by atoms with Gasteiger partial charge >= 0.3 is 5.76 Å². The number of halogens is 1. The van der Waals surface area contributed by atoms with Gasteiger partial charge < -0.3 is 4.42 Å². The lowest BCUT2D eigenvalue weighted by molar-refractivity contribution is -0.116. The first-order valence-corrected chi connectivity index (χ1v) is 4.92. The molecule has 15 heavy (non-hydrogen) atoms. The number of ketones is 1. The van der Waals surface area contributed by atoms with E-state index in [1.165, 1.54) is 0 Å². The predicted molar refractivity (Wildman–Crippen MR) is 56.3 cm³/mol. The average molecular weight is 226 g/mol. The van der Waals surface area contributed by atoms with Crippen molar-refractivity contribution >= 4 is 28.5 Å². The van der Waals surface area contributed by atoms with Gasteiger partial charge in [0.25, 0.3) is 0 Å². The molecule has 0 atom stereocenters. The third-order valence-electron chi connectivity index (χ3n) is 2.04. The summed E-state index contributed by atoms with van der Waals surface area (Å²) in [5.41, 5.74) is 1.87. The van der Waals surface area contributed by atoms with E-state index in [9.17, 15) is 9.59 Å². The normalized spacial score (nSPS) is 10.7. The zero-order chi connectivity index (χ0) is 10.8. The highest BCUT2D eigenvalue weighted by Crippen LogP contribution is 2.13. The van der Waals surface area contributed by atoms with Crippen LogP contribution in [0.1, 0.15) is 5.56 Å². The molecular weight excluding hydrogens is 218 g/mol. The van der Waals surface area contributed by atoms with Crippen LogP contribution in [-0.4, -0.2) is 16.6 Å². The summed E-state index contributed by atoms with van der Waals surface area (Å²) in [6.07, 6.45) is 0.258. The summed E-state index contributed by atoms with van der Waals surface area (Å²) in [6.45, 7) is 0. The molecule has 1 heterocycles. The number of carbonyl (C=O) groups excluding carboxylic acids is 1. The van der Waals surface area contributed by atoms with Gasteiger partial charge in [0.1, 0.15) is 0 Å². The zero-order valence-corrected chi connectivity index (χ0v) is 8.50. The molecule has 0 spiro atoms. The van der Waals surface area contributed by atoms with Crippen LogP contribution in [0, 0.1) is 0 Å². The van der Waals surface area contributed by atoms with Gasteiger partial charge in [0.15, 0.2) is 11.4 Å². The van der Waals surface area contributed by atoms with Gasteiger partial charge in [0.2, 0.25) is 0 Å². The molecular formula is C10H8ClNO3. The van der Waals surface area contributed by atoms with Crippen LogP contribution in [0.4, 0.5) is 0 Å². The SMILES string of the molecule is O=C(CCl)Cc1ccc2[nH]c(=O)oc2c1. The number of H-pyrrole nitrogens is 1. The van der Waals surface area contributed by atoms with E-state index in [2.05, 4.69) is 4.98 Å². The van der Waals surface area contributed by atoms with E-state index in [1.807, 2.05) is 0 Å². The Hall–Kier alpha value is -1.55. The number of fused-ring (bicyclic) bond motifs is 1. The molecule has 0 aliphatic carbocycles. The number of nitrogens with one attached hydrogen (secondary N) is 1. The third kappa shape index (κ3) is 2.10. The number of aromatic nitrogens is 1. The number of hydrogen-bond acceptors (Lipinski definition) is 3. The molecule has 5 heteroatoms. The Balaban J connectivity index is 2.38. The van der Waals surface area contributed by atoms with E-state index < -0.39 is 5.76 Å². The van der Waals surface area contributed by atoms with Crippen LogP contribution in [0.25, 0.3) is 11.1 Å². The molecule has 2 rings (SSSR count). The molecule has 1 aromatic heterocycles. The molecule has 0 unspecified atom stereocenters. The summed E-state index contributed by atoms with van der Waals surface area (Å²) >= 11 is 5.40. The van der Waals surface area contributed by atoms with Crippen molar-refractivity contribution in [3.63, 3.8) is 0 Å². The third-order valence-corrected chi connectivity index (χ3v) is 2.33. The molecule has 4 nitrogen and oxygen atoms in total. The van der Waals surface area contributed by atoms with Crippen LogP contribution in [0.3, 0.4) is 0 Å². The number of Topliss-reactive ketones (excluding diaryl/α,β-unsaturated/α-hetero) is 1. The maximum absolute atomic E-state index is 11.1. The van der Waals surface area contributed by atoms with Gasteiger partial charge in [-0.15, -0.1) is 11.6 Å². The summed E-state index contributed by atoms with van der Waals surface area (Å²) in [7, 11) is 0. The van der Waals surface area contributed by atoms with Crippen molar-refractivity contribution in [1.29, 1.82) is 0 Å². The Morgan fingerprint density at radius 1 is 1.47 bits per heavy atom. The first-order chi connectivity index (χ1) is 7.19. The van der Waals surface area contributed by atoms with Crippen molar-refractivity contribution < 1.29 is 9.21 Å². The highest BCUT2D eigenvalue weighted by molar-refractivity contribution is 6.27.